The van der Waals surface area contributed by atoms with Gasteiger partial charge < -0.3 is 24.6 Å². The molecule has 0 saturated carbocycles. The standard InChI is InChI=1S/C20H28FNO7/c1-11(15(16(23)24)22-17(25)28-19(2,3)4)13-9-8-12(10-14(13)21)27-18(26)29-20(5,6)7/h8-11,15H,1-7H3,(H,22,25)(H,23,24). The van der Waals surface area contributed by atoms with E-state index < -0.39 is 47.2 Å². The van der Waals surface area contributed by atoms with Crippen molar-refractivity contribution in [1.82, 2.24) is 5.32 Å². The Morgan fingerprint density at radius 1 is 1.03 bits per heavy atom. The van der Waals surface area contributed by atoms with Crippen LogP contribution in [-0.4, -0.2) is 40.6 Å². The van der Waals surface area contributed by atoms with Crippen LogP contribution in [0.25, 0.3) is 0 Å². The monoisotopic (exact) mass is 413 g/mol. The van der Waals surface area contributed by atoms with E-state index in [1.54, 1.807) is 41.5 Å². The van der Waals surface area contributed by atoms with Crippen molar-refractivity contribution in [2.24, 2.45) is 0 Å². The number of carboxylic acids is 1. The van der Waals surface area contributed by atoms with Crippen LogP contribution in [0.1, 0.15) is 59.9 Å². The first-order valence-corrected chi connectivity index (χ1v) is 9.01. The van der Waals surface area contributed by atoms with E-state index in [1.807, 2.05) is 0 Å². The molecule has 29 heavy (non-hydrogen) atoms. The SMILES string of the molecule is CC(c1ccc(OC(=O)OC(C)(C)C)cc1F)C(NC(=O)OC(C)(C)C)C(=O)O. The van der Waals surface area contributed by atoms with Crippen LogP contribution in [-0.2, 0) is 14.3 Å². The Hall–Kier alpha value is -2.84. The highest BCUT2D eigenvalue weighted by atomic mass is 19.1. The smallest absolute Gasteiger partial charge is 0.480 e. The van der Waals surface area contributed by atoms with Gasteiger partial charge in [-0.15, -0.1) is 0 Å². The number of ether oxygens (including phenoxy) is 3. The number of carbonyl (C=O) groups excluding carboxylic acids is 2. The van der Waals surface area contributed by atoms with E-state index in [9.17, 15) is 23.9 Å². The van der Waals surface area contributed by atoms with E-state index in [0.29, 0.717) is 0 Å². The van der Waals surface area contributed by atoms with Crippen LogP contribution in [0.3, 0.4) is 0 Å². The van der Waals surface area contributed by atoms with E-state index in [0.717, 1.165) is 6.07 Å². The first kappa shape index (κ1) is 24.2. The van der Waals surface area contributed by atoms with Crippen molar-refractivity contribution in [3.8, 4) is 5.75 Å². The highest BCUT2D eigenvalue weighted by Crippen LogP contribution is 2.27. The van der Waals surface area contributed by atoms with Gasteiger partial charge in [0, 0.05) is 12.0 Å². The topological polar surface area (TPSA) is 111 Å². The molecule has 0 bridgehead atoms. The number of nitrogens with one attached hydrogen (secondary N) is 1. The molecule has 2 N–H and O–H groups in total. The third-order valence-corrected chi connectivity index (χ3v) is 3.49. The number of halogens is 1. The zero-order valence-electron chi connectivity index (χ0n) is 17.7. The van der Waals surface area contributed by atoms with Gasteiger partial charge >= 0.3 is 18.2 Å². The molecule has 0 spiro atoms. The Labute approximate surface area is 169 Å². The Kier molecular flexibility index (Phi) is 7.60. The lowest BCUT2D eigenvalue weighted by molar-refractivity contribution is -0.140. The Bertz CT molecular complexity index is 765. The molecule has 0 aromatic heterocycles. The van der Waals surface area contributed by atoms with Crippen molar-refractivity contribution in [3.63, 3.8) is 0 Å². The van der Waals surface area contributed by atoms with E-state index in [1.165, 1.54) is 19.1 Å². The van der Waals surface area contributed by atoms with Crippen molar-refractivity contribution >= 4 is 18.2 Å². The van der Waals surface area contributed by atoms with Gasteiger partial charge in [-0.3, -0.25) is 0 Å². The molecule has 0 aliphatic carbocycles. The van der Waals surface area contributed by atoms with Crippen molar-refractivity contribution in [3.05, 3.63) is 29.6 Å². The predicted molar refractivity (Wildman–Crippen MR) is 102 cm³/mol. The second kappa shape index (κ2) is 9.11. The van der Waals surface area contributed by atoms with Gasteiger partial charge in [-0.25, -0.2) is 18.8 Å². The number of carbonyl (C=O) groups is 3. The van der Waals surface area contributed by atoms with Crippen LogP contribution in [0.2, 0.25) is 0 Å². The summed E-state index contributed by atoms with van der Waals surface area (Å²) in [5.74, 6) is -3.18. The molecule has 0 radical (unpaired) electrons. The highest BCUT2D eigenvalue weighted by molar-refractivity contribution is 5.81. The summed E-state index contributed by atoms with van der Waals surface area (Å²) in [6, 6.07) is 2.11. The molecule has 0 aliphatic rings. The molecular weight excluding hydrogens is 385 g/mol. The quantitative estimate of drug-likeness (QED) is 0.549. The minimum absolute atomic E-state index is 0.0185. The van der Waals surface area contributed by atoms with Crippen LogP contribution < -0.4 is 10.1 Å². The first-order chi connectivity index (χ1) is 13.1. The lowest BCUT2D eigenvalue weighted by atomic mass is 9.92. The molecule has 0 saturated heterocycles. The number of benzene rings is 1. The maximum absolute atomic E-state index is 14.6. The van der Waals surface area contributed by atoms with Crippen molar-refractivity contribution in [2.45, 2.75) is 71.6 Å². The van der Waals surface area contributed by atoms with Crippen LogP contribution in [0, 0.1) is 5.82 Å². The number of hydrogen-bond acceptors (Lipinski definition) is 6. The largest absolute Gasteiger partial charge is 0.514 e. The molecule has 1 aromatic carbocycles. The van der Waals surface area contributed by atoms with E-state index in [-0.39, 0.29) is 11.3 Å². The van der Waals surface area contributed by atoms with Gasteiger partial charge in [-0.2, -0.15) is 0 Å². The Morgan fingerprint density at radius 3 is 2.03 bits per heavy atom. The molecule has 2 unspecified atom stereocenters. The van der Waals surface area contributed by atoms with Gasteiger partial charge in [0.1, 0.15) is 28.8 Å². The molecular formula is C20H28FNO7. The third kappa shape index (κ3) is 8.37. The zero-order valence-corrected chi connectivity index (χ0v) is 17.7. The minimum Gasteiger partial charge on any atom is -0.480 e. The number of alkyl carbamates (subject to hydrolysis) is 1. The molecule has 1 rings (SSSR count). The highest BCUT2D eigenvalue weighted by Gasteiger charge is 2.31. The molecule has 2 atom stereocenters. The average Bonchev–Trinajstić information content (AvgIpc) is 2.48. The summed E-state index contributed by atoms with van der Waals surface area (Å²) in [6.45, 7) is 11.3. The summed E-state index contributed by atoms with van der Waals surface area (Å²) in [4.78, 5) is 35.2. The first-order valence-electron chi connectivity index (χ1n) is 9.01. The summed E-state index contributed by atoms with van der Waals surface area (Å²) in [5.41, 5.74) is -1.57. The Morgan fingerprint density at radius 2 is 1.59 bits per heavy atom. The van der Waals surface area contributed by atoms with Gasteiger partial charge in [-0.05, 0) is 53.2 Å². The lowest BCUT2D eigenvalue weighted by Crippen LogP contribution is -2.46. The third-order valence-electron chi connectivity index (χ3n) is 3.49. The van der Waals surface area contributed by atoms with E-state index >= 15 is 0 Å². The molecule has 1 aromatic rings. The van der Waals surface area contributed by atoms with Crippen molar-refractivity contribution in [2.75, 3.05) is 0 Å². The fourth-order valence-electron chi connectivity index (χ4n) is 2.32. The van der Waals surface area contributed by atoms with Crippen LogP contribution in [0.5, 0.6) is 5.75 Å². The summed E-state index contributed by atoms with van der Waals surface area (Å²) in [7, 11) is 0. The van der Waals surface area contributed by atoms with Crippen LogP contribution in [0.4, 0.5) is 14.0 Å². The summed E-state index contributed by atoms with van der Waals surface area (Å²) >= 11 is 0. The summed E-state index contributed by atoms with van der Waals surface area (Å²) < 4.78 is 29.5. The number of rotatable bonds is 5. The second-order valence-corrected chi connectivity index (χ2v) is 8.50. The maximum Gasteiger partial charge on any atom is 0.514 e. The number of carboxylic acid groups (broad SMARTS) is 1. The number of hydrogen-bond donors (Lipinski definition) is 2. The maximum atomic E-state index is 14.6. The fourth-order valence-corrected chi connectivity index (χ4v) is 2.32. The molecule has 0 heterocycles. The van der Waals surface area contributed by atoms with Crippen LogP contribution >= 0.6 is 0 Å². The average molecular weight is 413 g/mol. The predicted octanol–water partition coefficient (Wildman–Crippen LogP) is 4.22. The molecule has 162 valence electrons. The van der Waals surface area contributed by atoms with Crippen molar-refractivity contribution < 1.29 is 38.1 Å². The van der Waals surface area contributed by atoms with Gasteiger partial charge in [-0.1, -0.05) is 13.0 Å². The molecule has 8 nitrogen and oxygen atoms in total. The van der Waals surface area contributed by atoms with Gasteiger partial charge in [0.15, 0.2) is 0 Å². The fraction of sp³-hybridized carbons (Fsp3) is 0.550. The van der Waals surface area contributed by atoms with Crippen LogP contribution in [0.15, 0.2) is 18.2 Å². The van der Waals surface area contributed by atoms with E-state index in [4.69, 9.17) is 14.2 Å². The van der Waals surface area contributed by atoms with Gasteiger partial charge in [0.2, 0.25) is 0 Å². The molecule has 1 amide bonds. The summed E-state index contributed by atoms with van der Waals surface area (Å²) in [6.07, 6.45) is -1.92. The zero-order chi connectivity index (χ0) is 22.6. The van der Waals surface area contributed by atoms with Gasteiger partial charge in [0.05, 0.1) is 0 Å². The van der Waals surface area contributed by atoms with Gasteiger partial charge in [0.25, 0.3) is 0 Å². The number of aliphatic carboxylic acids is 1. The molecule has 9 heteroatoms. The Balaban J connectivity index is 2.96. The second-order valence-electron chi connectivity index (χ2n) is 8.50. The summed E-state index contributed by atoms with van der Waals surface area (Å²) in [5, 5.41) is 11.7. The van der Waals surface area contributed by atoms with Crippen molar-refractivity contribution in [1.29, 1.82) is 0 Å². The lowest BCUT2D eigenvalue weighted by Gasteiger charge is -2.25. The van der Waals surface area contributed by atoms with E-state index in [2.05, 4.69) is 5.32 Å². The molecule has 0 aliphatic heterocycles. The number of amides is 1. The molecule has 0 fully saturated rings. The minimum atomic E-state index is -1.43. The normalized spacial score (nSPS) is 13.8.